The molecule has 1 aliphatic heterocycles. The zero-order valence-corrected chi connectivity index (χ0v) is 12.3. The summed E-state index contributed by atoms with van der Waals surface area (Å²) in [5.41, 5.74) is 5.49. The van der Waals surface area contributed by atoms with Gasteiger partial charge < -0.3 is 16.0 Å². The summed E-state index contributed by atoms with van der Waals surface area (Å²) in [6.45, 7) is 7.02. The van der Waals surface area contributed by atoms with E-state index in [1.807, 2.05) is 6.92 Å². The van der Waals surface area contributed by atoms with Crippen LogP contribution in [-0.4, -0.2) is 42.5 Å². The predicted octanol–water partition coefficient (Wildman–Crippen LogP) is 1.17. The lowest BCUT2D eigenvalue weighted by atomic mass is 10.1. The van der Waals surface area contributed by atoms with E-state index in [4.69, 9.17) is 5.73 Å². The summed E-state index contributed by atoms with van der Waals surface area (Å²) in [7, 11) is 0. The molecule has 0 aliphatic carbocycles. The quantitative estimate of drug-likeness (QED) is 0.815. The highest BCUT2D eigenvalue weighted by Crippen LogP contribution is 2.08. The molecule has 0 bridgehead atoms. The topological polar surface area (TPSA) is 58.4 Å². The fourth-order valence-corrected chi connectivity index (χ4v) is 1.95. The summed E-state index contributed by atoms with van der Waals surface area (Å²) in [5.74, 6) is -0.0560. The minimum Gasteiger partial charge on any atom is -0.351 e. The molecule has 4 nitrogen and oxygen atoms in total. The van der Waals surface area contributed by atoms with Crippen molar-refractivity contribution in [3.8, 4) is 0 Å². The third kappa shape index (κ3) is 7.82. The lowest BCUT2D eigenvalue weighted by molar-refractivity contribution is -0.122. The van der Waals surface area contributed by atoms with Crippen LogP contribution in [0.4, 0.5) is 0 Å². The number of likely N-dealkylation sites (tertiary alicyclic amines) is 1. The second-order valence-electron chi connectivity index (χ2n) is 4.56. The second kappa shape index (κ2) is 9.95. The van der Waals surface area contributed by atoms with Gasteiger partial charge in [-0.3, -0.25) is 4.79 Å². The zero-order valence-electron chi connectivity index (χ0n) is 10.6. The Morgan fingerprint density at radius 1 is 1.24 bits per heavy atom. The molecule has 1 unspecified atom stereocenters. The van der Waals surface area contributed by atoms with Crippen LogP contribution in [0, 0.1) is 0 Å². The van der Waals surface area contributed by atoms with Gasteiger partial charge in [0.25, 0.3) is 0 Å². The summed E-state index contributed by atoms with van der Waals surface area (Å²) in [6, 6.07) is -0.213. The van der Waals surface area contributed by atoms with E-state index in [1.54, 1.807) is 6.92 Å². The molecule has 0 aromatic rings. The minimum atomic E-state index is -0.409. The number of hydrogen-bond acceptors (Lipinski definition) is 3. The third-order valence-electron chi connectivity index (χ3n) is 2.78. The van der Waals surface area contributed by atoms with Gasteiger partial charge >= 0.3 is 0 Å². The highest BCUT2D eigenvalue weighted by atomic mass is 35.5. The van der Waals surface area contributed by atoms with Gasteiger partial charge in [-0.15, -0.1) is 24.8 Å². The lowest BCUT2D eigenvalue weighted by Gasteiger charge is -2.29. The fraction of sp³-hybridized carbons (Fsp3) is 0.909. The van der Waals surface area contributed by atoms with Crippen LogP contribution in [0.25, 0.3) is 0 Å². The smallest absolute Gasteiger partial charge is 0.236 e. The Morgan fingerprint density at radius 3 is 2.24 bits per heavy atom. The van der Waals surface area contributed by atoms with E-state index in [0.717, 1.165) is 6.54 Å². The maximum absolute atomic E-state index is 11.3. The Kier molecular flexibility index (Phi) is 11.3. The molecule has 0 aromatic carbocycles. The van der Waals surface area contributed by atoms with Crippen LogP contribution in [-0.2, 0) is 4.79 Å². The first-order valence-corrected chi connectivity index (χ1v) is 5.88. The van der Waals surface area contributed by atoms with Gasteiger partial charge in [0.05, 0.1) is 6.04 Å². The molecule has 3 N–H and O–H groups in total. The van der Waals surface area contributed by atoms with Gasteiger partial charge in [-0.2, -0.15) is 0 Å². The Bertz CT molecular complexity index is 209. The first kappa shape index (κ1) is 19.3. The van der Waals surface area contributed by atoms with E-state index in [1.165, 1.54) is 32.4 Å². The van der Waals surface area contributed by atoms with E-state index < -0.39 is 6.04 Å². The molecule has 0 spiro atoms. The van der Waals surface area contributed by atoms with Crippen molar-refractivity contribution in [1.29, 1.82) is 0 Å². The third-order valence-corrected chi connectivity index (χ3v) is 2.78. The minimum absolute atomic E-state index is 0. The molecule has 1 amide bonds. The number of nitrogens with one attached hydrogen (secondary N) is 1. The van der Waals surface area contributed by atoms with Crippen molar-refractivity contribution in [2.24, 2.45) is 5.73 Å². The largest absolute Gasteiger partial charge is 0.351 e. The molecule has 2 atom stereocenters. The SMILES string of the molecule is CC(CN1CCCCC1)NC(=O)[C@@H](C)N.Cl.Cl. The highest BCUT2D eigenvalue weighted by molar-refractivity contribution is 5.85. The molecule has 6 heteroatoms. The summed E-state index contributed by atoms with van der Waals surface area (Å²) >= 11 is 0. The van der Waals surface area contributed by atoms with Crippen molar-refractivity contribution >= 4 is 30.7 Å². The van der Waals surface area contributed by atoms with E-state index in [-0.39, 0.29) is 36.8 Å². The molecule has 0 aromatic heterocycles. The Hall–Kier alpha value is -0.0300. The molecule has 1 fully saturated rings. The molecule has 1 saturated heterocycles. The fourth-order valence-electron chi connectivity index (χ4n) is 1.95. The first-order valence-electron chi connectivity index (χ1n) is 5.88. The van der Waals surface area contributed by atoms with Crippen LogP contribution >= 0.6 is 24.8 Å². The number of carbonyl (C=O) groups excluding carboxylic acids is 1. The number of halogens is 2. The molecular weight excluding hydrogens is 261 g/mol. The van der Waals surface area contributed by atoms with Crippen molar-refractivity contribution in [2.75, 3.05) is 19.6 Å². The maximum Gasteiger partial charge on any atom is 0.236 e. The number of piperidine rings is 1. The molecule has 1 heterocycles. The first-order chi connectivity index (χ1) is 7.09. The van der Waals surface area contributed by atoms with Crippen LogP contribution in [0.15, 0.2) is 0 Å². The Balaban J connectivity index is 0. The maximum atomic E-state index is 11.3. The number of amides is 1. The van der Waals surface area contributed by atoms with Crippen molar-refractivity contribution in [1.82, 2.24) is 10.2 Å². The van der Waals surface area contributed by atoms with Crippen LogP contribution in [0.1, 0.15) is 33.1 Å². The van der Waals surface area contributed by atoms with Gasteiger partial charge in [0.1, 0.15) is 0 Å². The number of rotatable bonds is 4. The molecule has 1 rings (SSSR count). The van der Waals surface area contributed by atoms with Crippen LogP contribution in [0.5, 0.6) is 0 Å². The van der Waals surface area contributed by atoms with Gasteiger partial charge in [0, 0.05) is 12.6 Å². The summed E-state index contributed by atoms with van der Waals surface area (Å²) in [5, 5.41) is 2.92. The second-order valence-corrected chi connectivity index (χ2v) is 4.56. The van der Waals surface area contributed by atoms with Crippen molar-refractivity contribution < 1.29 is 4.79 Å². The van der Waals surface area contributed by atoms with E-state index >= 15 is 0 Å². The normalized spacial score (nSPS) is 19.5. The Labute approximate surface area is 117 Å². The number of nitrogens with zero attached hydrogens (tertiary/aromatic N) is 1. The van der Waals surface area contributed by atoms with Gasteiger partial charge in [-0.05, 0) is 39.8 Å². The molecule has 0 saturated carbocycles. The molecule has 1 aliphatic rings. The number of carbonyl (C=O) groups is 1. The monoisotopic (exact) mass is 285 g/mol. The van der Waals surface area contributed by atoms with Crippen LogP contribution < -0.4 is 11.1 Å². The molecular formula is C11H25Cl2N3O. The van der Waals surface area contributed by atoms with Crippen molar-refractivity contribution in [2.45, 2.75) is 45.2 Å². The van der Waals surface area contributed by atoms with Gasteiger partial charge in [-0.25, -0.2) is 0 Å². The number of nitrogens with two attached hydrogens (primary N) is 1. The zero-order chi connectivity index (χ0) is 11.3. The van der Waals surface area contributed by atoms with Crippen molar-refractivity contribution in [3.63, 3.8) is 0 Å². The van der Waals surface area contributed by atoms with E-state index in [0.29, 0.717) is 0 Å². The van der Waals surface area contributed by atoms with Crippen LogP contribution in [0.2, 0.25) is 0 Å². The summed E-state index contributed by atoms with van der Waals surface area (Å²) in [4.78, 5) is 13.8. The standard InChI is InChI=1S/C11H23N3O.2ClH/c1-9(13-11(15)10(2)12)8-14-6-4-3-5-7-14;;/h9-10H,3-8,12H2,1-2H3,(H,13,15);2*1H/t9?,10-;;/m1../s1. The molecule has 104 valence electrons. The average Bonchev–Trinajstić information content (AvgIpc) is 2.18. The van der Waals surface area contributed by atoms with Crippen LogP contribution in [0.3, 0.4) is 0 Å². The summed E-state index contributed by atoms with van der Waals surface area (Å²) < 4.78 is 0. The highest BCUT2D eigenvalue weighted by Gasteiger charge is 2.15. The van der Waals surface area contributed by atoms with E-state index in [9.17, 15) is 4.79 Å². The Morgan fingerprint density at radius 2 is 1.76 bits per heavy atom. The molecule has 0 radical (unpaired) electrons. The number of hydrogen-bond donors (Lipinski definition) is 2. The molecule has 17 heavy (non-hydrogen) atoms. The predicted molar refractivity (Wildman–Crippen MR) is 76.0 cm³/mol. The lowest BCUT2D eigenvalue weighted by Crippen LogP contribution is -2.48. The van der Waals surface area contributed by atoms with E-state index in [2.05, 4.69) is 10.2 Å². The van der Waals surface area contributed by atoms with Gasteiger partial charge in [0.2, 0.25) is 5.91 Å². The van der Waals surface area contributed by atoms with Gasteiger partial charge in [-0.1, -0.05) is 6.42 Å². The summed E-state index contributed by atoms with van der Waals surface area (Å²) in [6.07, 6.45) is 3.92. The van der Waals surface area contributed by atoms with Crippen molar-refractivity contribution in [3.05, 3.63) is 0 Å². The van der Waals surface area contributed by atoms with Gasteiger partial charge in [0.15, 0.2) is 0 Å². The average molecular weight is 286 g/mol.